The average Bonchev–Trinajstić information content (AvgIpc) is 3.07. The number of benzene rings is 3. The molecule has 3 aromatic rings. The summed E-state index contributed by atoms with van der Waals surface area (Å²) in [7, 11) is 0. The number of nitro groups is 1. The predicted octanol–water partition coefficient (Wildman–Crippen LogP) is 5.72. The van der Waals surface area contributed by atoms with Crippen LogP contribution in [0.4, 0.5) is 10.5 Å². The van der Waals surface area contributed by atoms with Crippen LogP contribution >= 0.6 is 11.8 Å². The van der Waals surface area contributed by atoms with E-state index >= 15 is 0 Å². The fraction of sp³-hybridized carbons (Fsp3) is 0.120. The summed E-state index contributed by atoms with van der Waals surface area (Å²) in [5, 5.41) is 10.4. The van der Waals surface area contributed by atoms with Crippen molar-refractivity contribution in [3.63, 3.8) is 0 Å². The van der Waals surface area contributed by atoms with Gasteiger partial charge in [-0.15, -0.1) is 0 Å². The topological polar surface area (TPSA) is 89.8 Å². The first kappa shape index (κ1) is 22.3. The van der Waals surface area contributed by atoms with Crippen molar-refractivity contribution in [2.24, 2.45) is 0 Å². The third-order valence-corrected chi connectivity index (χ3v) is 5.97. The fourth-order valence-corrected chi connectivity index (χ4v) is 4.04. The van der Waals surface area contributed by atoms with Crippen molar-refractivity contribution in [1.29, 1.82) is 0 Å². The normalized spacial score (nSPS) is 14.7. The van der Waals surface area contributed by atoms with Crippen molar-refractivity contribution in [3.8, 4) is 5.75 Å². The molecule has 4 rings (SSSR count). The lowest BCUT2D eigenvalue weighted by atomic mass is 10.1. The van der Waals surface area contributed by atoms with Crippen LogP contribution in [0.25, 0.3) is 6.08 Å². The van der Waals surface area contributed by atoms with Crippen molar-refractivity contribution in [2.45, 2.75) is 20.1 Å². The van der Waals surface area contributed by atoms with E-state index in [1.165, 1.54) is 17.0 Å². The van der Waals surface area contributed by atoms with E-state index in [0.717, 1.165) is 34.0 Å². The average molecular weight is 461 g/mol. The number of non-ortho nitro benzene ring substituents is 1. The Hall–Kier alpha value is -3.91. The molecule has 0 radical (unpaired) electrons. The molecule has 0 unspecified atom stereocenters. The Morgan fingerprint density at radius 1 is 0.939 bits per heavy atom. The Balaban J connectivity index is 1.37. The van der Waals surface area contributed by atoms with Crippen molar-refractivity contribution < 1.29 is 19.2 Å². The minimum atomic E-state index is -0.444. The molecule has 1 aliphatic rings. The van der Waals surface area contributed by atoms with E-state index in [1.54, 1.807) is 42.5 Å². The van der Waals surface area contributed by atoms with Gasteiger partial charge < -0.3 is 4.74 Å². The van der Waals surface area contributed by atoms with Gasteiger partial charge in [-0.2, -0.15) is 0 Å². The Labute approximate surface area is 194 Å². The Morgan fingerprint density at radius 3 is 2.21 bits per heavy atom. The van der Waals surface area contributed by atoms with Crippen LogP contribution in [0.1, 0.15) is 22.3 Å². The van der Waals surface area contributed by atoms with Crippen LogP contribution in [0.5, 0.6) is 5.75 Å². The maximum Gasteiger partial charge on any atom is 0.293 e. The number of amides is 2. The number of nitrogens with zero attached hydrogens (tertiary/aromatic N) is 2. The molecule has 33 heavy (non-hydrogen) atoms. The molecule has 0 aliphatic carbocycles. The van der Waals surface area contributed by atoms with Crippen LogP contribution in [0.2, 0.25) is 0 Å². The number of hydrogen-bond acceptors (Lipinski definition) is 6. The summed E-state index contributed by atoms with van der Waals surface area (Å²) in [5.74, 6) is 0.321. The maximum atomic E-state index is 12.7. The highest BCUT2D eigenvalue weighted by molar-refractivity contribution is 8.18. The van der Waals surface area contributed by atoms with E-state index in [9.17, 15) is 19.7 Å². The van der Waals surface area contributed by atoms with Crippen LogP contribution in [-0.4, -0.2) is 21.0 Å². The van der Waals surface area contributed by atoms with Gasteiger partial charge >= 0.3 is 0 Å². The van der Waals surface area contributed by atoms with Gasteiger partial charge in [0, 0.05) is 12.1 Å². The van der Waals surface area contributed by atoms with E-state index in [1.807, 2.05) is 31.2 Å². The third kappa shape index (κ3) is 5.48. The van der Waals surface area contributed by atoms with Crippen LogP contribution in [0, 0.1) is 17.0 Å². The molecular formula is C25H20N2O5S. The summed E-state index contributed by atoms with van der Waals surface area (Å²) in [5.41, 5.74) is 3.64. The van der Waals surface area contributed by atoms with Gasteiger partial charge in [0.15, 0.2) is 0 Å². The largest absolute Gasteiger partial charge is 0.489 e. The molecule has 0 saturated carbocycles. The number of rotatable bonds is 7. The Bertz CT molecular complexity index is 1220. The molecule has 166 valence electrons. The Kier molecular flexibility index (Phi) is 6.55. The lowest BCUT2D eigenvalue weighted by molar-refractivity contribution is -0.384. The molecular weight excluding hydrogens is 440 g/mol. The predicted molar refractivity (Wildman–Crippen MR) is 127 cm³/mol. The zero-order valence-corrected chi connectivity index (χ0v) is 18.6. The first-order chi connectivity index (χ1) is 15.9. The highest BCUT2D eigenvalue weighted by atomic mass is 32.2. The summed E-state index contributed by atoms with van der Waals surface area (Å²) < 4.78 is 5.72. The van der Waals surface area contributed by atoms with Gasteiger partial charge in [0.25, 0.3) is 16.8 Å². The smallest absolute Gasteiger partial charge is 0.293 e. The number of thioether (sulfide) groups is 1. The van der Waals surface area contributed by atoms with Gasteiger partial charge in [-0.25, -0.2) is 0 Å². The number of ether oxygens (including phenoxy) is 1. The molecule has 0 atom stereocenters. The molecule has 1 heterocycles. The van der Waals surface area contributed by atoms with Crippen LogP contribution < -0.4 is 4.74 Å². The summed E-state index contributed by atoms with van der Waals surface area (Å²) >= 11 is 0.933. The zero-order valence-electron chi connectivity index (χ0n) is 17.8. The van der Waals surface area contributed by atoms with Gasteiger partial charge in [0.2, 0.25) is 0 Å². The number of imide groups is 1. The summed E-state index contributed by atoms with van der Waals surface area (Å²) in [4.78, 5) is 37.0. The maximum absolute atomic E-state index is 12.7. The molecule has 1 saturated heterocycles. The second-order valence-corrected chi connectivity index (χ2v) is 8.53. The first-order valence-corrected chi connectivity index (χ1v) is 11.0. The number of carbonyl (C=O) groups is 2. The van der Waals surface area contributed by atoms with E-state index in [4.69, 9.17) is 4.74 Å². The SMILES string of the molecule is Cc1ccc(CN2C(=O)S/C(=C/c3ccc(OCc4ccc([N+](=O)[O-])cc4)cc3)C2=O)cc1. The lowest BCUT2D eigenvalue weighted by Gasteiger charge is -2.12. The Morgan fingerprint density at radius 2 is 1.58 bits per heavy atom. The van der Waals surface area contributed by atoms with Gasteiger partial charge in [0.05, 0.1) is 16.4 Å². The van der Waals surface area contributed by atoms with Crippen molar-refractivity contribution >= 4 is 34.7 Å². The minimum Gasteiger partial charge on any atom is -0.489 e. The monoisotopic (exact) mass is 460 g/mol. The lowest BCUT2D eigenvalue weighted by Crippen LogP contribution is -2.27. The molecule has 0 bridgehead atoms. The van der Waals surface area contributed by atoms with E-state index < -0.39 is 4.92 Å². The number of aryl methyl sites for hydroxylation is 1. The highest BCUT2D eigenvalue weighted by Gasteiger charge is 2.34. The molecule has 2 amide bonds. The summed E-state index contributed by atoms with van der Waals surface area (Å²) in [6.45, 7) is 2.51. The van der Waals surface area contributed by atoms with E-state index in [2.05, 4.69) is 0 Å². The van der Waals surface area contributed by atoms with Gasteiger partial charge in [-0.05, 0) is 65.7 Å². The van der Waals surface area contributed by atoms with Crippen molar-refractivity contribution in [1.82, 2.24) is 4.90 Å². The molecule has 8 heteroatoms. The summed E-state index contributed by atoms with van der Waals surface area (Å²) in [6, 6.07) is 21.1. The second kappa shape index (κ2) is 9.70. The zero-order chi connectivity index (χ0) is 23.4. The third-order valence-electron chi connectivity index (χ3n) is 5.07. The second-order valence-electron chi connectivity index (χ2n) is 7.53. The number of hydrogen-bond donors (Lipinski definition) is 0. The fourth-order valence-electron chi connectivity index (χ4n) is 3.20. The number of nitro benzene ring substituents is 1. The molecule has 0 N–H and O–H groups in total. The molecule has 7 nitrogen and oxygen atoms in total. The standard InChI is InChI=1S/C25H20N2O5S/c1-17-2-4-19(5-3-17)15-26-24(28)23(33-25(26)29)14-18-8-12-22(13-9-18)32-16-20-6-10-21(11-7-20)27(30)31/h2-14H,15-16H2,1H3/b23-14+. The van der Waals surface area contributed by atoms with Gasteiger partial charge in [-0.3, -0.25) is 24.6 Å². The number of carbonyl (C=O) groups excluding carboxylic acids is 2. The summed E-state index contributed by atoms with van der Waals surface area (Å²) in [6.07, 6.45) is 1.69. The van der Waals surface area contributed by atoms with E-state index in [0.29, 0.717) is 10.7 Å². The van der Waals surface area contributed by atoms with Gasteiger partial charge in [0.1, 0.15) is 12.4 Å². The van der Waals surface area contributed by atoms with Crippen LogP contribution in [0.3, 0.4) is 0 Å². The van der Waals surface area contributed by atoms with Crippen molar-refractivity contribution in [2.75, 3.05) is 0 Å². The van der Waals surface area contributed by atoms with Crippen LogP contribution in [-0.2, 0) is 17.9 Å². The van der Waals surface area contributed by atoms with Gasteiger partial charge in [-0.1, -0.05) is 42.0 Å². The molecule has 0 spiro atoms. The molecule has 1 aliphatic heterocycles. The van der Waals surface area contributed by atoms with E-state index in [-0.39, 0.29) is 30.0 Å². The van der Waals surface area contributed by atoms with Crippen LogP contribution in [0.15, 0.2) is 77.7 Å². The molecule has 1 fully saturated rings. The first-order valence-electron chi connectivity index (χ1n) is 10.2. The van der Waals surface area contributed by atoms with Crippen molar-refractivity contribution in [3.05, 3.63) is 110 Å². The highest BCUT2D eigenvalue weighted by Crippen LogP contribution is 2.33. The molecule has 3 aromatic carbocycles. The molecule has 0 aromatic heterocycles. The quantitative estimate of drug-likeness (QED) is 0.255. The minimum absolute atomic E-state index is 0.0337.